The SMILES string of the molecule is CCCN(CC)C1CCN(Cc2c(-c3cccc(C(F)(F)F)c3)nc3ccc(S(C)(=O)=O)cc3c2C(=O)N[C@H](c2ccccc2)C(F)(F)F)CC1. The predicted molar refractivity (Wildman–Crippen MR) is 184 cm³/mol. The number of fused-ring (bicyclic) bond motifs is 1. The summed E-state index contributed by atoms with van der Waals surface area (Å²) >= 11 is 0. The lowest BCUT2D eigenvalue weighted by Crippen LogP contribution is -2.45. The Morgan fingerprint density at radius 1 is 0.961 bits per heavy atom. The number of carbonyl (C=O) groups is 1. The van der Waals surface area contributed by atoms with Crippen LogP contribution >= 0.6 is 0 Å². The van der Waals surface area contributed by atoms with Crippen molar-refractivity contribution < 1.29 is 39.6 Å². The first-order chi connectivity index (χ1) is 24.0. The highest BCUT2D eigenvalue weighted by atomic mass is 32.2. The number of hydrogen-bond acceptors (Lipinski definition) is 6. The molecule has 5 rings (SSSR count). The zero-order chi connectivity index (χ0) is 37.1. The van der Waals surface area contributed by atoms with Crippen LogP contribution in [-0.2, 0) is 22.6 Å². The summed E-state index contributed by atoms with van der Waals surface area (Å²) in [5.74, 6) is -1.17. The van der Waals surface area contributed by atoms with Gasteiger partial charge in [0.25, 0.3) is 5.91 Å². The summed E-state index contributed by atoms with van der Waals surface area (Å²) in [5, 5.41) is 2.09. The van der Waals surface area contributed by atoms with Gasteiger partial charge in [-0.15, -0.1) is 0 Å². The van der Waals surface area contributed by atoms with Crippen LogP contribution in [0.5, 0.6) is 0 Å². The van der Waals surface area contributed by atoms with Gasteiger partial charge < -0.3 is 10.2 Å². The summed E-state index contributed by atoms with van der Waals surface area (Å²) in [7, 11) is -3.85. The van der Waals surface area contributed by atoms with Gasteiger partial charge in [-0.1, -0.05) is 56.3 Å². The van der Waals surface area contributed by atoms with Crippen molar-refractivity contribution in [3.8, 4) is 11.3 Å². The average Bonchev–Trinajstić information content (AvgIpc) is 3.08. The number of sulfone groups is 1. The lowest BCUT2D eigenvalue weighted by atomic mass is 9.93. The highest BCUT2D eigenvalue weighted by Crippen LogP contribution is 2.38. The standard InChI is InChI=1S/C37H40F6N4O3S/c1-4-18-47(5-2)27-16-19-46(20-17-27)23-30-32(35(48)45-34(37(41,42)43)24-10-7-6-8-11-24)29-22-28(51(3,49)50)14-15-31(29)44-33(30)25-12-9-13-26(21-25)36(38,39)40/h6-15,21-22,27,34H,4-5,16-20,23H2,1-3H3,(H,45,48)/t34-/m1/s1. The molecule has 274 valence electrons. The molecule has 7 nitrogen and oxygen atoms in total. The van der Waals surface area contributed by atoms with E-state index in [0.717, 1.165) is 50.7 Å². The number of hydrogen-bond donors (Lipinski definition) is 1. The quantitative estimate of drug-likeness (QED) is 0.157. The molecule has 1 saturated heterocycles. The first kappa shape index (κ1) is 38.2. The summed E-state index contributed by atoms with van der Waals surface area (Å²) in [6.45, 7) is 7.03. The third-order valence-corrected chi connectivity index (χ3v) is 10.4. The molecule has 1 N–H and O–H groups in total. The van der Waals surface area contributed by atoms with Crippen LogP contribution < -0.4 is 5.32 Å². The van der Waals surface area contributed by atoms with Crippen LogP contribution in [0.3, 0.4) is 0 Å². The van der Waals surface area contributed by atoms with Crippen LogP contribution in [0.1, 0.15) is 66.2 Å². The topological polar surface area (TPSA) is 82.6 Å². The zero-order valence-corrected chi connectivity index (χ0v) is 29.3. The Balaban J connectivity index is 1.72. The molecular weight excluding hydrogens is 694 g/mol. The molecule has 0 bridgehead atoms. The number of pyridine rings is 1. The molecule has 3 aromatic carbocycles. The summed E-state index contributed by atoms with van der Waals surface area (Å²) in [6, 6.07) is 12.8. The van der Waals surface area contributed by atoms with Gasteiger partial charge in [0.15, 0.2) is 15.9 Å². The molecule has 1 atom stereocenters. The third-order valence-electron chi connectivity index (χ3n) is 9.28. The molecule has 51 heavy (non-hydrogen) atoms. The molecule has 0 spiro atoms. The Morgan fingerprint density at radius 2 is 1.65 bits per heavy atom. The van der Waals surface area contributed by atoms with E-state index in [9.17, 15) is 39.6 Å². The number of aromatic nitrogens is 1. The maximum atomic E-state index is 14.6. The van der Waals surface area contributed by atoms with Crippen molar-refractivity contribution in [2.24, 2.45) is 0 Å². The summed E-state index contributed by atoms with van der Waals surface area (Å²) < 4.78 is 111. The van der Waals surface area contributed by atoms with Gasteiger partial charge in [0.2, 0.25) is 0 Å². The lowest BCUT2D eigenvalue weighted by Gasteiger charge is -2.38. The van der Waals surface area contributed by atoms with Crippen LogP contribution in [0.2, 0.25) is 0 Å². The summed E-state index contributed by atoms with van der Waals surface area (Å²) in [6.07, 6.45) is -6.18. The minimum absolute atomic E-state index is 0.00776. The van der Waals surface area contributed by atoms with Gasteiger partial charge in [-0.25, -0.2) is 13.4 Å². The van der Waals surface area contributed by atoms with Gasteiger partial charge in [-0.2, -0.15) is 26.3 Å². The van der Waals surface area contributed by atoms with Crippen LogP contribution in [0, 0.1) is 0 Å². The first-order valence-electron chi connectivity index (χ1n) is 16.7. The Kier molecular flexibility index (Phi) is 11.5. The molecule has 1 aliphatic heterocycles. The van der Waals surface area contributed by atoms with Gasteiger partial charge in [-0.05, 0) is 81.3 Å². The number of carbonyl (C=O) groups excluding carboxylic acids is 1. The van der Waals surface area contributed by atoms with Crippen molar-refractivity contribution in [1.82, 2.24) is 20.1 Å². The number of amides is 1. The van der Waals surface area contributed by atoms with Gasteiger partial charge in [-0.3, -0.25) is 9.69 Å². The van der Waals surface area contributed by atoms with Gasteiger partial charge in [0.05, 0.1) is 27.2 Å². The largest absolute Gasteiger partial charge is 0.416 e. The number of nitrogens with zero attached hydrogens (tertiary/aromatic N) is 3. The second-order valence-corrected chi connectivity index (χ2v) is 14.9. The molecule has 14 heteroatoms. The monoisotopic (exact) mass is 734 g/mol. The molecule has 0 aliphatic carbocycles. The van der Waals surface area contributed by atoms with E-state index in [2.05, 4.69) is 29.0 Å². The number of rotatable bonds is 11. The maximum absolute atomic E-state index is 14.6. The van der Waals surface area contributed by atoms with E-state index in [1.165, 1.54) is 60.7 Å². The van der Waals surface area contributed by atoms with E-state index in [-0.39, 0.29) is 50.3 Å². The Labute approximate surface area is 293 Å². The van der Waals surface area contributed by atoms with Crippen LogP contribution in [0.25, 0.3) is 22.2 Å². The number of likely N-dealkylation sites (tertiary alicyclic amines) is 1. The second-order valence-electron chi connectivity index (χ2n) is 12.8. The normalized spacial score (nSPS) is 15.7. The van der Waals surface area contributed by atoms with E-state index in [1.54, 1.807) is 0 Å². The molecule has 1 fully saturated rings. The van der Waals surface area contributed by atoms with E-state index in [4.69, 9.17) is 0 Å². The van der Waals surface area contributed by atoms with Crippen molar-refractivity contribution in [3.63, 3.8) is 0 Å². The van der Waals surface area contributed by atoms with E-state index in [1.807, 2.05) is 4.90 Å². The minimum atomic E-state index is -4.92. The predicted octanol–water partition coefficient (Wildman–Crippen LogP) is 8.05. The number of benzene rings is 3. The van der Waals surface area contributed by atoms with Crippen molar-refractivity contribution in [2.45, 2.75) is 69.0 Å². The fourth-order valence-corrected chi connectivity index (χ4v) is 7.41. The molecule has 1 aromatic heterocycles. The summed E-state index contributed by atoms with van der Waals surface area (Å²) in [4.78, 5) is 23.2. The van der Waals surface area contributed by atoms with Crippen molar-refractivity contribution >= 4 is 26.6 Å². The van der Waals surface area contributed by atoms with E-state index < -0.39 is 39.7 Å². The molecule has 0 radical (unpaired) electrons. The molecule has 1 aliphatic rings. The smallest absolute Gasteiger partial charge is 0.337 e. The van der Waals surface area contributed by atoms with Crippen molar-refractivity contribution in [3.05, 3.63) is 95.1 Å². The Hall–Kier alpha value is -4.01. The van der Waals surface area contributed by atoms with Crippen LogP contribution in [-0.4, -0.2) is 73.8 Å². The average molecular weight is 735 g/mol. The fourth-order valence-electron chi connectivity index (χ4n) is 6.76. The second kappa shape index (κ2) is 15.3. The number of nitrogens with one attached hydrogen (secondary N) is 1. The molecule has 0 saturated carbocycles. The number of piperidine rings is 1. The fraction of sp³-hybridized carbons (Fsp3) is 0.405. The van der Waals surface area contributed by atoms with Crippen LogP contribution in [0.4, 0.5) is 26.3 Å². The highest BCUT2D eigenvalue weighted by Gasteiger charge is 2.43. The minimum Gasteiger partial charge on any atom is -0.337 e. The van der Waals surface area contributed by atoms with E-state index >= 15 is 0 Å². The van der Waals surface area contributed by atoms with Gasteiger partial charge in [0, 0.05) is 35.4 Å². The molecule has 1 amide bonds. The van der Waals surface area contributed by atoms with Crippen LogP contribution in [0.15, 0.2) is 77.7 Å². The zero-order valence-electron chi connectivity index (χ0n) is 28.5. The molecule has 0 unspecified atom stereocenters. The van der Waals surface area contributed by atoms with Crippen molar-refractivity contribution in [2.75, 3.05) is 32.4 Å². The first-order valence-corrected chi connectivity index (χ1v) is 18.6. The van der Waals surface area contributed by atoms with Gasteiger partial charge >= 0.3 is 12.4 Å². The third kappa shape index (κ3) is 8.90. The van der Waals surface area contributed by atoms with Gasteiger partial charge in [0.1, 0.15) is 0 Å². The van der Waals surface area contributed by atoms with E-state index in [0.29, 0.717) is 19.1 Å². The lowest BCUT2D eigenvalue weighted by molar-refractivity contribution is -0.155. The molecule has 4 aromatic rings. The molecule has 2 heterocycles. The van der Waals surface area contributed by atoms with Crippen molar-refractivity contribution in [1.29, 1.82) is 0 Å². The summed E-state index contributed by atoms with van der Waals surface area (Å²) in [5.41, 5.74) is -1.37. The Bertz CT molecular complexity index is 1960. The molecular formula is C37H40F6N4O3S. The highest BCUT2D eigenvalue weighted by molar-refractivity contribution is 7.90. The maximum Gasteiger partial charge on any atom is 0.416 e. The number of alkyl halides is 6. The number of halogens is 6. The Morgan fingerprint density at radius 3 is 2.24 bits per heavy atom.